The van der Waals surface area contributed by atoms with E-state index in [-0.39, 0.29) is 31.1 Å². The van der Waals surface area contributed by atoms with E-state index in [2.05, 4.69) is 0 Å². The van der Waals surface area contributed by atoms with Gasteiger partial charge in [-0.25, -0.2) is 0 Å². The molecule has 0 aromatic heterocycles. The zero-order chi connectivity index (χ0) is 16.6. The highest BCUT2D eigenvalue weighted by atomic mass is 16.5. The fourth-order valence-corrected chi connectivity index (χ4v) is 3.32. The topological polar surface area (TPSA) is 76.1 Å². The standard InChI is InChI=1S/C17H21NO5/c1-11(2)23-14-5-3-12(4-6-14)15(19)18-7-13-8-22-10-17(13,9-18)16(20)21/h3-6,11,13H,7-10H2,1-2H3,(H,20,21)/t13-,17-/m1/s1. The lowest BCUT2D eigenvalue weighted by Crippen LogP contribution is -2.40. The van der Waals surface area contributed by atoms with Gasteiger partial charge in [0.05, 0.1) is 19.3 Å². The molecule has 1 amide bonds. The van der Waals surface area contributed by atoms with Crippen LogP contribution in [0.2, 0.25) is 0 Å². The van der Waals surface area contributed by atoms with Crippen LogP contribution in [0.5, 0.6) is 5.75 Å². The molecule has 0 saturated carbocycles. The number of rotatable bonds is 4. The first-order chi connectivity index (χ1) is 10.9. The summed E-state index contributed by atoms with van der Waals surface area (Å²) in [6.45, 7) is 5.09. The lowest BCUT2D eigenvalue weighted by Gasteiger charge is -2.22. The number of carboxylic acid groups (broad SMARTS) is 1. The van der Waals surface area contributed by atoms with Crippen LogP contribution in [-0.2, 0) is 9.53 Å². The van der Waals surface area contributed by atoms with Gasteiger partial charge in [0, 0.05) is 24.6 Å². The number of carboxylic acids is 1. The Balaban J connectivity index is 1.73. The Bertz CT molecular complexity index is 612. The number of carbonyl (C=O) groups is 2. The second-order valence-corrected chi connectivity index (χ2v) is 6.55. The van der Waals surface area contributed by atoms with E-state index in [0.29, 0.717) is 24.5 Å². The summed E-state index contributed by atoms with van der Waals surface area (Å²) >= 11 is 0. The lowest BCUT2D eigenvalue weighted by molar-refractivity contribution is -0.149. The van der Waals surface area contributed by atoms with Crippen molar-refractivity contribution >= 4 is 11.9 Å². The minimum Gasteiger partial charge on any atom is -0.491 e. The van der Waals surface area contributed by atoms with E-state index >= 15 is 0 Å². The molecule has 2 heterocycles. The number of hydrogen-bond donors (Lipinski definition) is 1. The molecule has 1 N–H and O–H groups in total. The highest BCUT2D eigenvalue weighted by Gasteiger charge is 2.57. The van der Waals surface area contributed by atoms with Gasteiger partial charge < -0.3 is 19.5 Å². The number of benzene rings is 1. The van der Waals surface area contributed by atoms with Crippen LogP contribution >= 0.6 is 0 Å². The molecule has 1 aromatic rings. The van der Waals surface area contributed by atoms with Crippen LogP contribution in [0.25, 0.3) is 0 Å². The summed E-state index contributed by atoms with van der Waals surface area (Å²) in [7, 11) is 0. The molecule has 1 aromatic carbocycles. The van der Waals surface area contributed by atoms with Gasteiger partial charge in [-0.05, 0) is 38.1 Å². The Morgan fingerprint density at radius 3 is 2.61 bits per heavy atom. The molecule has 23 heavy (non-hydrogen) atoms. The van der Waals surface area contributed by atoms with Crippen molar-refractivity contribution in [2.24, 2.45) is 11.3 Å². The van der Waals surface area contributed by atoms with Crippen molar-refractivity contribution in [1.82, 2.24) is 4.90 Å². The van der Waals surface area contributed by atoms with Crippen molar-refractivity contribution in [2.75, 3.05) is 26.3 Å². The summed E-state index contributed by atoms with van der Waals surface area (Å²) in [5.41, 5.74) is -0.404. The summed E-state index contributed by atoms with van der Waals surface area (Å²) in [5, 5.41) is 9.53. The van der Waals surface area contributed by atoms with Gasteiger partial charge in [-0.15, -0.1) is 0 Å². The average molecular weight is 319 g/mol. The fraction of sp³-hybridized carbons (Fsp3) is 0.529. The van der Waals surface area contributed by atoms with Crippen LogP contribution < -0.4 is 4.74 Å². The van der Waals surface area contributed by atoms with Crippen molar-refractivity contribution in [3.05, 3.63) is 29.8 Å². The Morgan fingerprint density at radius 1 is 1.35 bits per heavy atom. The van der Waals surface area contributed by atoms with Gasteiger partial charge in [0.2, 0.25) is 0 Å². The smallest absolute Gasteiger partial charge is 0.314 e. The highest BCUT2D eigenvalue weighted by Crippen LogP contribution is 2.42. The predicted octanol–water partition coefficient (Wildman–Crippen LogP) is 1.65. The molecule has 0 radical (unpaired) electrons. The van der Waals surface area contributed by atoms with Crippen LogP contribution in [-0.4, -0.2) is 54.3 Å². The number of fused-ring (bicyclic) bond motifs is 1. The van der Waals surface area contributed by atoms with Crippen molar-refractivity contribution in [3.8, 4) is 5.75 Å². The number of nitrogens with zero attached hydrogens (tertiary/aromatic N) is 1. The quantitative estimate of drug-likeness (QED) is 0.913. The predicted molar refractivity (Wildman–Crippen MR) is 82.5 cm³/mol. The van der Waals surface area contributed by atoms with E-state index in [1.54, 1.807) is 29.2 Å². The summed E-state index contributed by atoms with van der Waals surface area (Å²) < 4.78 is 10.9. The molecule has 2 aliphatic rings. The number of likely N-dealkylation sites (tertiary alicyclic amines) is 1. The van der Waals surface area contributed by atoms with Crippen molar-refractivity contribution in [1.29, 1.82) is 0 Å². The van der Waals surface area contributed by atoms with E-state index in [4.69, 9.17) is 9.47 Å². The van der Waals surface area contributed by atoms with E-state index < -0.39 is 11.4 Å². The number of ether oxygens (including phenoxy) is 2. The molecule has 0 bridgehead atoms. The molecule has 124 valence electrons. The van der Waals surface area contributed by atoms with Gasteiger partial charge in [-0.2, -0.15) is 0 Å². The van der Waals surface area contributed by atoms with Crippen LogP contribution in [0.3, 0.4) is 0 Å². The van der Waals surface area contributed by atoms with E-state index in [0.717, 1.165) is 0 Å². The van der Waals surface area contributed by atoms with Gasteiger partial charge in [0.15, 0.2) is 0 Å². The lowest BCUT2D eigenvalue weighted by atomic mass is 9.81. The Kier molecular flexibility index (Phi) is 4.02. The van der Waals surface area contributed by atoms with Crippen molar-refractivity contribution in [3.63, 3.8) is 0 Å². The van der Waals surface area contributed by atoms with Gasteiger partial charge in [-0.3, -0.25) is 9.59 Å². The molecule has 2 fully saturated rings. The summed E-state index contributed by atoms with van der Waals surface area (Å²) in [6, 6.07) is 6.97. The van der Waals surface area contributed by atoms with E-state index in [1.165, 1.54) is 0 Å². The summed E-state index contributed by atoms with van der Waals surface area (Å²) in [5.74, 6) is -0.440. The average Bonchev–Trinajstić information content (AvgIpc) is 3.04. The first kappa shape index (κ1) is 15.8. The molecule has 6 nitrogen and oxygen atoms in total. The van der Waals surface area contributed by atoms with Gasteiger partial charge in [0.1, 0.15) is 11.2 Å². The molecule has 2 saturated heterocycles. The van der Waals surface area contributed by atoms with E-state index in [9.17, 15) is 14.7 Å². The number of amides is 1. The number of aliphatic carboxylic acids is 1. The second kappa shape index (κ2) is 5.85. The fourth-order valence-electron chi connectivity index (χ4n) is 3.32. The first-order valence-electron chi connectivity index (χ1n) is 7.79. The minimum atomic E-state index is -0.948. The number of hydrogen-bond acceptors (Lipinski definition) is 4. The summed E-state index contributed by atoms with van der Waals surface area (Å²) in [6.07, 6.45) is 0.0740. The zero-order valence-corrected chi connectivity index (χ0v) is 13.3. The normalized spacial score (nSPS) is 26.4. The zero-order valence-electron chi connectivity index (χ0n) is 13.3. The van der Waals surface area contributed by atoms with E-state index in [1.807, 2.05) is 13.8 Å². The van der Waals surface area contributed by atoms with Gasteiger partial charge in [0.25, 0.3) is 5.91 Å². The molecule has 3 rings (SSSR count). The number of carbonyl (C=O) groups excluding carboxylic acids is 1. The molecular weight excluding hydrogens is 298 g/mol. The second-order valence-electron chi connectivity index (χ2n) is 6.55. The molecule has 6 heteroatoms. The van der Waals surface area contributed by atoms with Crippen LogP contribution in [0.15, 0.2) is 24.3 Å². The SMILES string of the molecule is CC(C)Oc1ccc(C(=O)N2C[C@@H]3COC[C@]3(C(=O)O)C2)cc1. The third-order valence-corrected chi connectivity index (χ3v) is 4.56. The monoisotopic (exact) mass is 319 g/mol. The maximum Gasteiger partial charge on any atom is 0.314 e. The van der Waals surface area contributed by atoms with Crippen LogP contribution in [0.4, 0.5) is 0 Å². The third-order valence-electron chi connectivity index (χ3n) is 4.56. The maximum absolute atomic E-state index is 12.6. The summed E-state index contributed by atoms with van der Waals surface area (Å²) in [4.78, 5) is 25.9. The molecule has 2 aliphatic heterocycles. The molecular formula is C17H21NO5. The first-order valence-corrected chi connectivity index (χ1v) is 7.79. The van der Waals surface area contributed by atoms with Crippen LogP contribution in [0, 0.1) is 11.3 Å². The molecule has 0 aliphatic carbocycles. The largest absolute Gasteiger partial charge is 0.491 e. The Hall–Kier alpha value is -2.08. The Morgan fingerprint density at radius 2 is 2.04 bits per heavy atom. The Labute approximate surface area is 135 Å². The van der Waals surface area contributed by atoms with Crippen LogP contribution in [0.1, 0.15) is 24.2 Å². The maximum atomic E-state index is 12.6. The third kappa shape index (κ3) is 2.79. The molecule has 0 spiro atoms. The van der Waals surface area contributed by atoms with Gasteiger partial charge in [-0.1, -0.05) is 0 Å². The highest BCUT2D eigenvalue weighted by molar-refractivity contribution is 5.95. The van der Waals surface area contributed by atoms with Gasteiger partial charge >= 0.3 is 5.97 Å². The molecule has 0 unspecified atom stereocenters. The van der Waals surface area contributed by atoms with Crippen molar-refractivity contribution in [2.45, 2.75) is 20.0 Å². The van der Waals surface area contributed by atoms with Crippen molar-refractivity contribution < 1.29 is 24.2 Å². The molecule has 2 atom stereocenters. The minimum absolute atomic E-state index is 0.0740.